The fourth-order valence-corrected chi connectivity index (χ4v) is 2.29. The third kappa shape index (κ3) is 4.62. The van der Waals surface area contributed by atoms with Gasteiger partial charge < -0.3 is 10.1 Å². The van der Waals surface area contributed by atoms with Crippen LogP contribution in [0.25, 0.3) is 0 Å². The molecule has 0 bridgehead atoms. The summed E-state index contributed by atoms with van der Waals surface area (Å²) in [5.74, 6) is 1.99. The van der Waals surface area contributed by atoms with Gasteiger partial charge in [0.05, 0.1) is 0 Å². The Hall–Kier alpha value is -0.870. The van der Waals surface area contributed by atoms with Gasteiger partial charge in [-0.3, -0.25) is 0 Å². The Labute approximate surface area is 119 Å². The number of nitrogens with zero attached hydrogens (tertiary/aromatic N) is 2. The highest BCUT2D eigenvalue weighted by Gasteiger charge is 2.20. The van der Waals surface area contributed by atoms with Crippen molar-refractivity contribution < 1.29 is 4.74 Å². The molecule has 0 spiro atoms. The molecule has 0 unspecified atom stereocenters. The van der Waals surface area contributed by atoms with Crippen molar-refractivity contribution in [3.05, 3.63) is 17.0 Å². The van der Waals surface area contributed by atoms with Crippen LogP contribution in [-0.2, 0) is 4.74 Å². The molecule has 1 aromatic heterocycles. The highest BCUT2D eigenvalue weighted by atomic mass is 35.5. The first kappa shape index (κ1) is 14.5. The third-order valence-corrected chi connectivity index (χ3v) is 3.52. The quantitative estimate of drug-likeness (QED) is 0.586. The first-order valence-electron chi connectivity index (χ1n) is 7.00. The van der Waals surface area contributed by atoms with Crippen molar-refractivity contribution in [1.82, 2.24) is 9.97 Å². The topological polar surface area (TPSA) is 47.0 Å². The molecule has 1 fully saturated rings. The molecule has 4 nitrogen and oxygen atoms in total. The van der Waals surface area contributed by atoms with Gasteiger partial charge in [0, 0.05) is 25.3 Å². The number of ether oxygens (including phenoxy) is 1. The van der Waals surface area contributed by atoms with E-state index in [9.17, 15) is 0 Å². The molecule has 0 atom stereocenters. The molecule has 106 valence electrons. The summed E-state index contributed by atoms with van der Waals surface area (Å²) >= 11 is 6.11. The summed E-state index contributed by atoms with van der Waals surface area (Å²) in [6, 6.07) is 0. The first-order chi connectivity index (χ1) is 9.18. The number of nitrogens with one attached hydrogen (secondary N) is 1. The molecule has 19 heavy (non-hydrogen) atoms. The second kappa shape index (κ2) is 7.06. The Bertz CT molecular complexity index is 408. The van der Waals surface area contributed by atoms with Crippen molar-refractivity contribution in [2.75, 3.05) is 25.1 Å². The first-order valence-corrected chi connectivity index (χ1v) is 7.38. The third-order valence-electron chi connectivity index (χ3n) is 3.22. The van der Waals surface area contributed by atoms with E-state index in [2.05, 4.69) is 29.1 Å². The predicted octanol–water partition coefficient (Wildman–Crippen LogP) is 3.48. The number of aromatic nitrogens is 2. The Morgan fingerprint density at radius 3 is 2.89 bits per heavy atom. The van der Waals surface area contributed by atoms with E-state index in [0.29, 0.717) is 11.1 Å². The number of hydrogen-bond donors (Lipinski definition) is 1. The van der Waals surface area contributed by atoms with Gasteiger partial charge in [0.1, 0.15) is 17.3 Å². The molecule has 1 saturated carbocycles. The normalized spacial score (nSPS) is 14.9. The molecule has 1 N–H and O–H groups in total. The van der Waals surface area contributed by atoms with Gasteiger partial charge in [-0.15, -0.1) is 0 Å². The average Bonchev–Trinajstić information content (AvgIpc) is 3.17. The summed E-state index contributed by atoms with van der Waals surface area (Å²) in [5.41, 5.74) is 0.989. The maximum Gasteiger partial charge on any atom is 0.138 e. The van der Waals surface area contributed by atoms with E-state index in [4.69, 9.17) is 16.3 Å². The lowest BCUT2D eigenvalue weighted by Gasteiger charge is -2.14. The predicted molar refractivity (Wildman–Crippen MR) is 77.8 cm³/mol. The van der Waals surface area contributed by atoms with E-state index in [0.717, 1.165) is 43.5 Å². The summed E-state index contributed by atoms with van der Waals surface area (Å²) in [4.78, 5) is 8.30. The maximum atomic E-state index is 6.11. The Kier molecular flexibility index (Phi) is 5.40. The van der Waals surface area contributed by atoms with Crippen LogP contribution < -0.4 is 5.32 Å². The Morgan fingerprint density at radius 2 is 2.21 bits per heavy atom. The van der Waals surface area contributed by atoms with E-state index >= 15 is 0 Å². The van der Waals surface area contributed by atoms with Crippen LogP contribution >= 0.6 is 11.6 Å². The minimum absolute atomic E-state index is 0.308. The van der Waals surface area contributed by atoms with E-state index in [1.54, 1.807) is 0 Å². The molecule has 0 aliphatic heterocycles. The van der Waals surface area contributed by atoms with Crippen LogP contribution in [0.3, 0.4) is 0 Å². The highest BCUT2D eigenvalue weighted by molar-refractivity contribution is 6.30. The van der Waals surface area contributed by atoms with Gasteiger partial charge in [0.15, 0.2) is 0 Å². The van der Waals surface area contributed by atoms with Gasteiger partial charge in [-0.2, -0.15) is 0 Å². The zero-order chi connectivity index (χ0) is 13.7. The molecule has 0 radical (unpaired) electrons. The van der Waals surface area contributed by atoms with Crippen LogP contribution in [0.15, 0.2) is 6.33 Å². The van der Waals surface area contributed by atoms with Crippen LogP contribution in [0.5, 0.6) is 0 Å². The van der Waals surface area contributed by atoms with Gasteiger partial charge >= 0.3 is 0 Å². The SMILES string of the molecule is CC(C)c1c(Cl)ncnc1NCCCOCC1CC1. The van der Waals surface area contributed by atoms with Crippen LogP contribution in [0.1, 0.15) is 44.6 Å². The van der Waals surface area contributed by atoms with Gasteiger partial charge in [0.25, 0.3) is 0 Å². The zero-order valence-electron chi connectivity index (χ0n) is 11.7. The van der Waals surface area contributed by atoms with Crippen LogP contribution in [0.4, 0.5) is 5.82 Å². The molecular formula is C14H22ClN3O. The number of hydrogen-bond acceptors (Lipinski definition) is 4. The molecule has 2 rings (SSSR count). The second-order valence-corrected chi connectivity index (χ2v) is 5.74. The summed E-state index contributed by atoms with van der Waals surface area (Å²) in [5, 5.41) is 3.86. The number of anilines is 1. The Balaban J connectivity index is 1.73. The van der Waals surface area contributed by atoms with Gasteiger partial charge in [0.2, 0.25) is 0 Å². The van der Waals surface area contributed by atoms with Crippen molar-refractivity contribution >= 4 is 17.4 Å². The smallest absolute Gasteiger partial charge is 0.138 e. The zero-order valence-corrected chi connectivity index (χ0v) is 12.4. The highest BCUT2D eigenvalue weighted by Crippen LogP contribution is 2.29. The molecule has 0 aromatic carbocycles. The molecule has 1 aliphatic carbocycles. The summed E-state index contributed by atoms with van der Waals surface area (Å²) < 4.78 is 5.60. The standard InChI is InChI=1S/C14H22ClN3O/c1-10(2)12-13(15)17-9-18-14(12)16-6-3-7-19-8-11-4-5-11/h9-11H,3-8H2,1-2H3,(H,16,17,18). The molecular weight excluding hydrogens is 262 g/mol. The second-order valence-electron chi connectivity index (χ2n) is 5.38. The lowest BCUT2D eigenvalue weighted by atomic mass is 10.1. The Morgan fingerprint density at radius 1 is 1.42 bits per heavy atom. The van der Waals surface area contributed by atoms with Crippen molar-refractivity contribution in [3.8, 4) is 0 Å². The summed E-state index contributed by atoms with van der Waals surface area (Å²) in [6.07, 6.45) is 5.16. The minimum Gasteiger partial charge on any atom is -0.381 e. The number of rotatable bonds is 8. The summed E-state index contributed by atoms with van der Waals surface area (Å²) in [7, 11) is 0. The lowest BCUT2D eigenvalue weighted by Crippen LogP contribution is -2.11. The minimum atomic E-state index is 0.308. The number of halogens is 1. The van der Waals surface area contributed by atoms with Crippen molar-refractivity contribution in [3.63, 3.8) is 0 Å². The maximum absolute atomic E-state index is 6.11. The fraction of sp³-hybridized carbons (Fsp3) is 0.714. The van der Waals surface area contributed by atoms with Crippen LogP contribution in [0, 0.1) is 5.92 Å². The van der Waals surface area contributed by atoms with Crippen LogP contribution in [0.2, 0.25) is 5.15 Å². The van der Waals surface area contributed by atoms with Crippen molar-refractivity contribution in [2.24, 2.45) is 5.92 Å². The van der Waals surface area contributed by atoms with Gasteiger partial charge in [-0.05, 0) is 31.1 Å². The summed E-state index contributed by atoms with van der Waals surface area (Å²) in [6.45, 7) is 6.76. The molecule has 0 saturated heterocycles. The lowest BCUT2D eigenvalue weighted by molar-refractivity contribution is 0.124. The largest absolute Gasteiger partial charge is 0.381 e. The van der Waals surface area contributed by atoms with E-state index < -0.39 is 0 Å². The monoisotopic (exact) mass is 283 g/mol. The van der Waals surface area contributed by atoms with Gasteiger partial charge in [-0.25, -0.2) is 9.97 Å². The molecule has 1 heterocycles. The molecule has 1 aromatic rings. The van der Waals surface area contributed by atoms with Crippen LogP contribution in [-0.4, -0.2) is 29.7 Å². The van der Waals surface area contributed by atoms with Crippen molar-refractivity contribution in [2.45, 2.75) is 39.0 Å². The van der Waals surface area contributed by atoms with E-state index in [1.807, 2.05) is 0 Å². The molecule has 0 amide bonds. The van der Waals surface area contributed by atoms with E-state index in [-0.39, 0.29) is 0 Å². The molecule has 1 aliphatic rings. The molecule has 5 heteroatoms. The van der Waals surface area contributed by atoms with E-state index in [1.165, 1.54) is 19.2 Å². The average molecular weight is 284 g/mol. The fourth-order valence-electron chi connectivity index (χ4n) is 1.94. The van der Waals surface area contributed by atoms with Crippen molar-refractivity contribution in [1.29, 1.82) is 0 Å². The van der Waals surface area contributed by atoms with Gasteiger partial charge in [-0.1, -0.05) is 25.4 Å².